The molecule has 0 saturated heterocycles. The zero-order valence-electron chi connectivity index (χ0n) is 25.4. The molecule has 218 valence electrons. The Morgan fingerprint density at radius 1 is 0.298 bits per heavy atom. The van der Waals surface area contributed by atoms with E-state index in [1.165, 1.54) is 93.4 Å². The highest BCUT2D eigenvalue weighted by Crippen LogP contribution is 2.45. The van der Waals surface area contributed by atoms with Crippen molar-refractivity contribution in [2.45, 2.75) is 0 Å². The summed E-state index contributed by atoms with van der Waals surface area (Å²) in [5.41, 5.74) is 13.5. The molecule has 0 radical (unpaired) electrons. The lowest BCUT2D eigenvalue weighted by Gasteiger charge is -2.10. The number of pyridine rings is 1. The smallest absolute Gasteiger partial charge is 0.0803 e. The summed E-state index contributed by atoms with van der Waals surface area (Å²) >= 11 is 0. The lowest BCUT2D eigenvalue weighted by molar-refractivity contribution is 1.18. The Morgan fingerprint density at radius 3 is 1.53 bits per heavy atom. The molecule has 0 aliphatic rings. The molecule has 47 heavy (non-hydrogen) atoms. The van der Waals surface area contributed by atoms with Crippen LogP contribution in [0.2, 0.25) is 0 Å². The van der Waals surface area contributed by atoms with Crippen molar-refractivity contribution in [3.8, 4) is 22.5 Å². The summed E-state index contributed by atoms with van der Waals surface area (Å²) in [6.45, 7) is 0. The van der Waals surface area contributed by atoms with Gasteiger partial charge in [0, 0.05) is 43.7 Å². The number of nitrogens with zero attached hydrogens (tertiary/aromatic N) is 3. The van der Waals surface area contributed by atoms with Crippen LogP contribution in [0.15, 0.2) is 164 Å². The second-order valence-corrected chi connectivity index (χ2v) is 12.6. The van der Waals surface area contributed by atoms with Crippen LogP contribution in [-0.4, -0.2) is 13.5 Å². The Labute approximate surface area is 270 Å². The van der Waals surface area contributed by atoms with E-state index in [2.05, 4.69) is 177 Å². The van der Waals surface area contributed by atoms with Crippen LogP contribution in [0.4, 0.5) is 0 Å². The molecule has 0 aliphatic carbocycles. The molecule has 0 spiro atoms. The van der Waals surface area contributed by atoms with Gasteiger partial charge < -0.3 is 13.5 Å². The van der Waals surface area contributed by atoms with E-state index in [0.717, 1.165) is 0 Å². The molecule has 0 saturated carbocycles. The van der Waals surface area contributed by atoms with Gasteiger partial charge in [-0.15, -0.1) is 0 Å². The number of benzene rings is 6. The predicted molar refractivity (Wildman–Crippen MR) is 198 cm³/mol. The number of para-hydroxylation sites is 3. The Balaban J connectivity index is 1.24. The lowest BCUT2D eigenvalue weighted by Crippen LogP contribution is -1.94. The van der Waals surface area contributed by atoms with Gasteiger partial charge >= 0.3 is 0 Å². The largest absolute Gasteiger partial charge is 0.309 e. The molecule has 5 heterocycles. The maximum Gasteiger partial charge on any atom is 0.0803 e. The van der Waals surface area contributed by atoms with Gasteiger partial charge in [-0.05, 0) is 77.9 Å². The highest BCUT2D eigenvalue weighted by atomic mass is 15.0. The molecule has 0 N–H and O–H groups in total. The highest BCUT2D eigenvalue weighted by Gasteiger charge is 2.24. The summed E-state index contributed by atoms with van der Waals surface area (Å²) in [6.07, 6.45) is 0. The SMILES string of the molecule is c1ccc(-n2c3ccccc3c3cc(-c4ccc5c(c4)c4c(c6cccc7c8ccccc8c4n76)n5-c4ccccc4)ccc32)cc1. The molecule has 3 heteroatoms. The van der Waals surface area contributed by atoms with Crippen molar-refractivity contribution in [3.05, 3.63) is 164 Å². The molecule has 3 nitrogen and oxygen atoms in total. The van der Waals surface area contributed by atoms with E-state index in [1.54, 1.807) is 0 Å². The van der Waals surface area contributed by atoms with Gasteiger partial charge in [-0.1, -0.05) is 97.1 Å². The molecule has 6 aromatic carbocycles. The molecule has 0 fully saturated rings. The fourth-order valence-corrected chi connectivity index (χ4v) is 8.23. The number of rotatable bonds is 3. The molecule has 5 aromatic heterocycles. The fourth-order valence-electron chi connectivity index (χ4n) is 8.23. The Bertz CT molecular complexity index is 2990. The van der Waals surface area contributed by atoms with Crippen molar-refractivity contribution < 1.29 is 0 Å². The highest BCUT2D eigenvalue weighted by molar-refractivity contribution is 6.30. The summed E-state index contributed by atoms with van der Waals surface area (Å²) in [5.74, 6) is 0. The average Bonchev–Trinajstić information content (AvgIpc) is 3.86. The zero-order chi connectivity index (χ0) is 30.6. The summed E-state index contributed by atoms with van der Waals surface area (Å²) in [7, 11) is 0. The minimum Gasteiger partial charge on any atom is -0.309 e. The van der Waals surface area contributed by atoms with Crippen LogP contribution in [-0.2, 0) is 0 Å². The fraction of sp³-hybridized carbons (Fsp3) is 0. The van der Waals surface area contributed by atoms with E-state index in [9.17, 15) is 0 Å². The van der Waals surface area contributed by atoms with Gasteiger partial charge in [0.15, 0.2) is 0 Å². The standard InChI is InChI=1S/C44H27N3/c1-3-12-30(13-4-1)45-37-19-10-9-17-33(37)35-26-28(22-24-39(35)45)29-23-25-40-36(27-29)42-43-34-18-8-7-16-32(34)38-20-11-21-41(47(38)43)44(42)46(40)31-14-5-2-6-15-31/h1-27H. The van der Waals surface area contributed by atoms with E-state index in [4.69, 9.17) is 0 Å². The first kappa shape index (κ1) is 24.9. The third-order valence-electron chi connectivity index (χ3n) is 10.2. The first-order valence-corrected chi connectivity index (χ1v) is 16.2. The van der Waals surface area contributed by atoms with Crippen molar-refractivity contribution in [2.24, 2.45) is 0 Å². The minimum atomic E-state index is 1.17. The van der Waals surface area contributed by atoms with E-state index in [1.807, 2.05) is 0 Å². The average molecular weight is 598 g/mol. The molecule has 11 rings (SSSR count). The monoisotopic (exact) mass is 597 g/mol. The summed E-state index contributed by atoms with van der Waals surface area (Å²) in [4.78, 5) is 0. The van der Waals surface area contributed by atoms with Crippen molar-refractivity contribution in [3.63, 3.8) is 0 Å². The van der Waals surface area contributed by atoms with Gasteiger partial charge in [-0.2, -0.15) is 0 Å². The molecular formula is C44H27N3. The van der Waals surface area contributed by atoms with Gasteiger partial charge in [0.1, 0.15) is 0 Å². The lowest BCUT2D eigenvalue weighted by atomic mass is 10.0. The van der Waals surface area contributed by atoms with Crippen LogP contribution in [0.3, 0.4) is 0 Å². The third-order valence-corrected chi connectivity index (χ3v) is 10.2. The van der Waals surface area contributed by atoms with Gasteiger partial charge in [0.2, 0.25) is 0 Å². The van der Waals surface area contributed by atoms with E-state index < -0.39 is 0 Å². The summed E-state index contributed by atoms with van der Waals surface area (Å²) < 4.78 is 7.32. The van der Waals surface area contributed by atoms with Crippen molar-refractivity contribution >= 4 is 70.9 Å². The second-order valence-electron chi connectivity index (χ2n) is 12.6. The Kier molecular flexibility index (Phi) is 4.84. The first-order chi connectivity index (χ1) is 23.3. The molecule has 0 unspecified atom stereocenters. The number of aromatic nitrogens is 3. The van der Waals surface area contributed by atoms with Crippen LogP contribution in [0.25, 0.3) is 93.4 Å². The molecule has 0 bridgehead atoms. The van der Waals surface area contributed by atoms with Crippen molar-refractivity contribution in [1.29, 1.82) is 0 Å². The van der Waals surface area contributed by atoms with Crippen molar-refractivity contribution in [2.75, 3.05) is 0 Å². The number of hydrogen-bond acceptors (Lipinski definition) is 0. The Morgan fingerprint density at radius 2 is 0.809 bits per heavy atom. The zero-order valence-corrected chi connectivity index (χ0v) is 25.4. The van der Waals surface area contributed by atoms with Crippen molar-refractivity contribution in [1.82, 2.24) is 13.5 Å². The molecular weight excluding hydrogens is 571 g/mol. The molecule has 0 atom stereocenters. The third kappa shape index (κ3) is 3.25. The quantitative estimate of drug-likeness (QED) is 0.192. The van der Waals surface area contributed by atoms with Crippen LogP contribution in [0.1, 0.15) is 0 Å². The predicted octanol–water partition coefficient (Wildman–Crippen LogP) is 11.5. The van der Waals surface area contributed by atoms with Crippen LogP contribution in [0.5, 0.6) is 0 Å². The van der Waals surface area contributed by atoms with Crippen LogP contribution in [0, 0.1) is 0 Å². The van der Waals surface area contributed by atoms with Crippen LogP contribution >= 0.6 is 0 Å². The maximum atomic E-state index is 2.48. The van der Waals surface area contributed by atoms with Gasteiger partial charge in [-0.3, -0.25) is 0 Å². The number of hydrogen-bond donors (Lipinski definition) is 0. The topological polar surface area (TPSA) is 14.3 Å². The van der Waals surface area contributed by atoms with E-state index >= 15 is 0 Å². The maximum absolute atomic E-state index is 2.48. The number of fused-ring (bicyclic) bond motifs is 11. The normalized spacial score (nSPS) is 12.3. The van der Waals surface area contributed by atoms with Crippen LogP contribution < -0.4 is 0 Å². The molecule has 0 amide bonds. The van der Waals surface area contributed by atoms with E-state index in [0.29, 0.717) is 0 Å². The Hall–Kier alpha value is -6.32. The summed E-state index contributed by atoms with van der Waals surface area (Å²) in [5, 5.41) is 7.71. The molecule has 0 aliphatic heterocycles. The first-order valence-electron chi connectivity index (χ1n) is 16.2. The van der Waals surface area contributed by atoms with E-state index in [-0.39, 0.29) is 0 Å². The van der Waals surface area contributed by atoms with Gasteiger partial charge in [0.25, 0.3) is 0 Å². The minimum absolute atomic E-state index is 1.17. The second kappa shape index (κ2) is 9.12. The summed E-state index contributed by atoms with van der Waals surface area (Å²) in [6, 6.07) is 59.8. The van der Waals surface area contributed by atoms with Gasteiger partial charge in [-0.25, -0.2) is 0 Å². The van der Waals surface area contributed by atoms with Gasteiger partial charge in [0.05, 0.1) is 38.6 Å². The molecule has 11 aromatic rings.